The van der Waals surface area contributed by atoms with Gasteiger partial charge < -0.3 is 9.84 Å². The molecule has 0 spiro atoms. The van der Waals surface area contributed by atoms with Gasteiger partial charge in [-0.15, -0.1) is 0 Å². The highest BCUT2D eigenvalue weighted by Gasteiger charge is 2.28. The fourth-order valence-electron chi connectivity index (χ4n) is 2.20. The third kappa shape index (κ3) is 2.09. The zero-order chi connectivity index (χ0) is 11.5. The first-order valence-electron chi connectivity index (χ1n) is 5.62. The average Bonchev–Trinajstić information content (AvgIpc) is 2.71. The Morgan fingerprint density at radius 3 is 2.88 bits per heavy atom. The maximum atomic E-state index is 11.6. The van der Waals surface area contributed by atoms with E-state index in [0.717, 1.165) is 18.4 Å². The van der Waals surface area contributed by atoms with Crippen molar-refractivity contribution in [2.24, 2.45) is 5.92 Å². The lowest BCUT2D eigenvalue weighted by Gasteiger charge is -2.06. The molecular formula is C13H16O3. The molecule has 0 saturated carbocycles. The summed E-state index contributed by atoms with van der Waals surface area (Å²) in [5.41, 5.74) is 3.28. The average molecular weight is 220 g/mol. The van der Waals surface area contributed by atoms with Crippen molar-refractivity contribution in [3.63, 3.8) is 0 Å². The lowest BCUT2D eigenvalue weighted by molar-refractivity contribution is -0.147. The zero-order valence-corrected chi connectivity index (χ0v) is 9.40. The van der Waals surface area contributed by atoms with Gasteiger partial charge in [0.25, 0.3) is 0 Å². The first-order chi connectivity index (χ1) is 7.74. The maximum Gasteiger partial charge on any atom is 0.309 e. The van der Waals surface area contributed by atoms with Crippen LogP contribution in [0.1, 0.15) is 23.6 Å². The smallest absolute Gasteiger partial charge is 0.309 e. The summed E-state index contributed by atoms with van der Waals surface area (Å²) >= 11 is 0. The molecule has 0 saturated heterocycles. The number of rotatable bonds is 3. The number of aliphatic hydroxyl groups is 1. The summed E-state index contributed by atoms with van der Waals surface area (Å²) in [6, 6.07) is 5.89. The molecule has 0 radical (unpaired) electrons. The highest BCUT2D eigenvalue weighted by Crippen LogP contribution is 2.28. The van der Waals surface area contributed by atoms with Crippen molar-refractivity contribution in [3.05, 3.63) is 34.9 Å². The van der Waals surface area contributed by atoms with Gasteiger partial charge in [0, 0.05) is 0 Å². The van der Waals surface area contributed by atoms with Crippen molar-refractivity contribution in [3.8, 4) is 0 Å². The van der Waals surface area contributed by atoms with Gasteiger partial charge in [-0.25, -0.2) is 0 Å². The Morgan fingerprint density at radius 1 is 1.44 bits per heavy atom. The van der Waals surface area contributed by atoms with Gasteiger partial charge >= 0.3 is 5.97 Å². The number of benzene rings is 1. The minimum absolute atomic E-state index is 0.0381. The van der Waals surface area contributed by atoms with Crippen LogP contribution in [-0.2, 0) is 29.0 Å². The van der Waals surface area contributed by atoms with E-state index in [-0.39, 0.29) is 18.5 Å². The van der Waals surface area contributed by atoms with E-state index in [1.165, 1.54) is 11.1 Å². The molecule has 2 rings (SSSR count). The van der Waals surface area contributed by atoms with E-state index in [9.17, 15) is 4.79 Å². The molecule has 3 nitrogen and oxygen atoms in total. The Hall–Kier alpha value is -1.35. The van der Waals surface area contributed by atoms with Crippen LogP contribution in [0.4, 0.5) is 0 Å². The number of hydrogen-bond donors (Lipinski definition) is 1. The van der Waals surface area contributed by atoms with Gasteiger partial charge in [0.15, 0.2) is 0 Å². The maximum absolute atomic E-state index is 11.6. The second kappa shape index (κ2) is 4.66. The predicted molar refractivity (Wildman–Crippen MR) is 59.9 cm³/mol. The summed E-state index contributed by atoms with van der Waals surface area (Å²) < 4.78 is 5.03. The van der Waals surface area contributed by atoms with Crippen LogP contribution in [-0.4, -0.2) is 17.7 Å². The molecule has 0 aromatic heterocycles. The van der Waals surface area contributed by atoms with E-state index in [1.54, 1.807) is 0 Å². The van der Waals surface area contributed by atoms with Crippen LogP contribution in [0.3, 0.4) is 0 Å². The Balaban J connectivity index is 2.11. The summed E-state index contributed by atoms with van der Waals surface area (Å²) in [6.45, 7) is 2.31. The van der Waals surface area contributed by atoms with Crippen LogP contribution in [0.25, 0.3) is 0 Å². The number of hydrogen-bond acceptors (Lipinski definition) is 3. The van der Waals surface area contributed by atoms with Crippen LogP contribution in [0.15, 0.2) is 18.2 Å². The fraction of sp³-hybridized carbons (Fsp3) is 0.462. The number of aliphatic hydroxyl groups excluding tert-OH is 1. The standard InChI is InChI=1S/C13H16O3/c1-2-16-13(15)12-6-10-4-3-9(8-14)5-11(10)7-12/h3-5,12,14H,2,6-8H2,1H3. The van der Waals surface area contributed by atoms with E-state index in [1.807, 2.05) is 25.1 Å². The van der Waals surface area contributed by atoms with Crippen LogP contribution in [0, 0.1) is 5.92 Å². The molecule has 1 aromatic rings. The molecule has 0 heterocycles. The summed E-state index contributed by atoms with van der Waals surface area (Å²) in [6.07, 6.45) is 1.50. The Kier molecular flexibility index (Phi) is 3.25. The molecule has 0 aliphatic heterocycles. The van der Waals surface area contributed by atoms with Crippen LogP contribution in [0.2, 0.25) is 0 Å². The molecule has 1 aliphatic rings. The molecule has 0 amide bonds. The van der Waals surface area contributed by atoms with Crippen molar-refractivity contribution in [1.82, 2.24) is 0 Å². The molecule has 1 atom stereocenters. The van der Waals surface area contributed by atoms with E-state index in [0.29, 0.717) is 6.61 Å². The molecular weight excluding hydrogens is 204 g/mol. The highest BCUT2D eigenvalue weighted by molar-refractivity contribution is 5.74. The van der Waals surface area contributed by atoms with Crippen molar-refractivity contribution in [1.29, 1.82) is 0 Å². The highest BCUT2D eigenvalue weighted by atomic mass is 16.5. The molecule has 86 valence electrons. The Morgan fingerprint density at radius 2 is 2.19 bits per heavy atom. The molecule has 1 N–H and O–H groups in total. The molecule has 0 fully saturated rings. The molecule has 16 heavy (non-hydrogen) atoms. The quantitative estimate of drug-likeness (QED) is 0.784. The number of ether oxygens (including phenoxy) is 1. The fourth-order valence-corrected chi connectivity index (χ4v) is 2.20. The molecule has 1 aliphatic carbocycles. The summed E-state index contributed by atoms with van der Waals surface area (Å²) in [4.78, 5) is 11.6. The van der Waals surface area contributed by atoms with Gasteiger partial charge in [-0.3, -0.25) is 4.79 Å². The normalized spacial score (nSPS) is 18.2. The minimum atomic E-state index is -0.107. The SMILES string of the molecule is CCOC(=O)C1Cc2ccc(CO)cc2C1. The zero-order valence-electron chi connectivity index (χ0n) is 9.40. The largest absolute Gasteiger partial charge is 0.466 e. The van der Waals surface area contributed by atoms with Crippen molar-refractivity contribution in [2.75, 3.05) is 6.61 Å². The number of fused-ring (bicyclic) bond motifs is 1. The van der Waals surface area contributed by atoms with E-state index in [4.69, 9.17) is 9.84 Å². The minimum Gasteiger partial charge on any atom is -0.466 e. The van der Waals surface area contributed by atoms with Crippen molar-refractivity contribution >= 4 is 5.97 Å². The van der Waals surface area contributed by atoms with E-state index < -0.39 is 0 Å². The van der Waals surface area contributed by atoms with Crippen LogP contribution in [0.5, 0.6) is 0 Å². The van der Waals surface area contributed by atoms with Crippen LogP contribution < -0.4 is 0 Å². The number of carbonyl (C=O) groups is 1. The van der Waals surface area contributed by atoms with Gasteiger partial charge in [-0.05, 0) is 36.5 Å². The van der Waals surface area contributed by atoms with Crippen molar-refractivity contribution in [2.45, 2.75) is 26.4 Å². The summed E-state index contributed by atoms with van der Waals surface area (Å²) in [5, 5.41) is 9.04. The molecule has 0 bridgehead atoms. The number of esters is 1. The van der Waals surface area contributed by atoms with Gasteiger partial charge in [0.05, 0.1) is 19.1 Å². The topological polar surface area (TPSA) is 46.5 Å². The van der Waals surface area contributed by atoms with Gasteiger partial charge in [-0.1, -0.05) is 18.2 Å². The third-order valence-electron chi connectivity index (χ3n) is 3.01. The van der Waals surface area contributed by atoms with Crippen LogP contribution >= 0.6 is 0 Å². The number of carbonyl (C=O) groups excluding carboxylic acids is 1. The van der Waals surface area contributed by atoms with E-state index >= 15 is 0 Å². The monoisotopic (exact) mass is 220 g/mol. The molecule has 3 heteroatoms. The summed E-state index contributed by atoms with van der Waals surface area (Å²) in [5.74, 6) is -0.145. The lowest BCUT2D eigenvalue weighted by atomic mass is 10.1. The second-order valence-electron chi connectivity index (χ2n) is 4.12. The first kappa shape index (κ1) is 11.1. The second-order valence-corrected chi connectivity index (χ2v) is 4.12. The first-order valence-corrected chi connectivity index (χ1v) is 5.62. The molecule has 1 unspecified atom stereocenters. The van der Waals surface area contributed by atoms with Crippen molar-refractivity contribution < 1.29 is 14.6 Å². The Bertz CT molecular complexity index is 398. The summed E-state index contributed by atoms with van der Waals surface area (Å²) in [7, 11) is 0. The van der Waals surface area contributed by atoms with E-state index in [2.05, 4.69) is 0 Å². The Labute approximate surface area is 95.0 Å². The van der Waals surface area contributed by atoms with Gasteiger partial charge in [0.1, 0.15) is 0 Å². The van der Waals surface area contributed by atoms with Gasteiger partial charge in [0.2, 0.25) is 0 Å². The lowest BCUT2D eigenvalue weighted by Crippen LogP contribution is -2.17. The molecule has 1 aromatic carbocycles. The predicted octanol–water partition coefficient (Wildman–Crippen LogP) is 1.46. The van der Waals surface area contributed by atoms with Gasteiger partial charge in [-0.2, -0.15) is 0 Å². The third-order valence-corrected chi connectivity index (χ3v) is 3.01.